The van der Waals surface area contributed by atoms with E-state index < -0.39 is 9.05 Å². The van der Waals surface area contributed by atoms with Crippen molar-refractivity contribution in [1.29, 1.82) is 0 Å². The van der Waals surface area contributed by atoms with Gasteiger partial charge < -0.3 is 10.1 Å². The van der Waals surface area contributed by atoms with E-state index in [1.807, 2.05) is 0 Å². The summed E-state index contributed by atoms with van der Waals surface area (Å²) in [5.74, 6) is 0.125. The lowest BCUT2D eigenvalue weighted by atomic mass is 9.85. The maximum absolute atomic E-state index is 11.8. The molecule has 1 aliphatic rings. The smallest absolute Gasteiger partial charge is 0.265 e. The normalized spacial score (nSPS) is 15.5. The molecule has 1 N–H and O–H groups in total. The standard InChI is InChI=1S/C13H16ClNO4S/c1-2-19-11-7-6-10(8-12(11)20(14,17)18)15-13(16)9-4-3-5-9/h6-9H,2-5H2,1H3,(H,15,16). The summed E-state index contributed by atoms with van der Waals surface area (Å²) in [6.07, 6.45) is 2.82. The Morgan fingerprint density at radius 2 is 2.15 bits per heavy atom. The fraction of sp³-hybridized carbons (Fsp3) is 0.462. The van der Waals surface area contributed by atoms with Crippen LogP contribution in [0, 0.1) is 5.92 Å². The molecule has 1 amide bonds. The molecule has 0 spiro atoms. The zero-order valence-electron chi connectivity index (χ0n) is 11.1. The maximum Gasteiger partial charge on any atom is 0.265 e. The molecule has 20 heavy (non-hydrogen) atoms. The molecule has 1 aliphatic carbocycles. The minimum atomic E-state index is -3.93. The molecule has 0 aromatic heterocycles. The number of halogens is 1. The summed E-state index contributed by atoms with van der Waals surface area (Å²) >= 11 is 0. The van der Waals surface area contributed by atoms with Crippen LogP contribution in [0.1, 0.15) is 26.2 Å². The van der Waals surface area contributed by atoms with Gasteiger partial charge in [-0.15, -0.1) is 0 Å². The molecular weight excluding hydrogens is 302 g/mol. The molecule has 1 saturated carbocycles. The number of carbonyl (C=O) groups excluding carboxylic acids is 1. The van der Waals surface area contributed by atoms with E-state index in [0.717, 1.165) is 19.3 Å². The predicted octanol–water partition coefficient (Wildman–Crippen LogP) is 2.75. The van der Waals surface area contributed by atoms with Crippen LogP contribution in [0.2, 0.25) is 0 Å². The highest BCUT2D eigenvalue weighted by Crippen LogP contribution is 2.31. The van der Waals surface area contributed by atoms with Crippen molar-refractivity contribution < 1.29 is 17.9 Å². The van der Waals surface area contributed by atoms with Crippen molar-refractivity contribution in [3.8, 4) is 5.75 Å². The molecule has 0 unspecified atom stereocenters. The summed E-state index contributed by atoms with van der Waals surface area (Å²) in [4.78, 5) is 11.7. The number of carbonyl (C=O) groups is 1. The fourth-order valence-corrected chi connectivity index (χ4v) is 2.96. The number of nitrogens with one attached hydrogen (secondary N) is 1. The number of hydrogen-bond donors (Lipinski definition) is 1. The second kappa shape index (κ2) is 6.01. The van der Waals surface area contributed by atoms with Crippen LogP contribution in [0.15, 0.2) is 23.1 Å². The van der Waals surface area contributed by atoms with E-state index in [4.69, 9.17) is 15.4 Å². The van der Waals surface area contributed by atoms with Crippen molar-refractivity contribution in [3.05, 3.63) is 18.2 Å². The first kappa shape index (κ1) is 15.1. The highest BCUT2D eigenvalue weighted by Gasteiger charge is 2.26. The van der Waals surface area contributed by atoms with Crippen LogP contribution in [-0.4, -0.2) is 20.9 Å². The van der Waals surface area contributed by atoms with Crippen LogP contribution in [0.4, 0.5) is 5.69 Å². The highest BCUT2D eigenvalue weighted by molar-refractivity contribution is 8.13. The van der Waals surface area contributed by atoms with Gasteiger partial charge in [-0.1, -0.05) is 6.42 Å². The topological polar surface area (TPSA) is 72.5 Å². The summed E-state index contributed by atoms with van der Waals surface area (Å²) in [7, 11) is 1.46. The van der Waals surface area contributed by atoms with Gasteiger partial charge in [0.05, 0.1) is 6.61 Å². The first-order valence-corrected chi connectivity index (χ1v) is 8.75. The second-order valence-corrected chi connectivity index (χ2v) is 7.18. The van der Waals surface area contributed by atoms with Crippen molar-refractivity contribution in [2.24, 2.45) is 5.92 Å². The third-order valence-electron chi connectivity index (χ3n) is 3.25. The van der Waals surface area contributed by atoms with E-state index in [9.17, 15) is 13.2 Å². The van der Waals surface area contributed by atoms with Gasteiger partial charge in [-0.25, -0.2) is 8.42 Å². The van der Waals surface area contributed by atoms with Gasteiger partial charge in [-0.2, -0.15) is 0 Å². The molecule has 0 bridgehead atoms. The van der Waals surface area contributed by atoms with E-state index in [1.165, 1.54) is 12.1 Å². The second-order valence-electron chi connectivity index (χ2n) is 4.65. The lowest BCUT2D eigenvalue weighted by Gasteiger charge is -2.24. The molecule has 0 radical (unpaired) electrons. The average Bonchev–Trinajstić information content (AvgIpc) is 2.27. The number of hydrogen-bond acceptors (Lipinski definition) is 4. The van der Waals surface area contributed by atoms with Crippen molar-refractivity contribution in [2.45, 2.75) is 31.1 Å². The Labute approximate surface area is 122 Å². The number of ether oxygens (including phenoxy) is 1. The van der Waals surface area contributed by atoms with E-state index in [-0.39, 0.29) is 22.5 Å². The van der Waals surface area contributed by atoms with E-state index >= 15 is 0 Å². The molecule has 1 fully saturated rings. The largest absolute Gasteiger partial charge is 0.492 e. The van der Waals surface area contributed by atoms with Gasteiger partial charge in [0.1, 0.15) is 10.6 Å². The summed E-state index contributed by atoms with van der Waals surface area (Å²) in [5.41, 5.74) is 0.407. The van der Waals surface area contributed by atoms with Gasteiger partial charge in [0, 0.05) is 22.3 Å². The maximum atomic E-state index is 11.8. The van der Waals surface area contributed by atoms with Crippen LogP contribution >= 0.6 is 10.7 Å². The van der Waals surface area contributed by atoms with Crippen LogP contribution in [0.25, 0.3) is 0 Å². The first-order chi connectivity index (χ1) is 9.41. The average molecular weight is 318 g/mol. The summed E-state index contributed by atoms with van der Waals surface area (Å²) in [6.45, 7) is 2.07. The first-order valence-electron chi connectivity index (χ1n) is 6.44. The molecular formula is C13H16ClNO4S. The molecule has 0 saturated heterocycles. The molecule has 7 heteroatoms. The minimum Gasteiger partial charge on any atom is -0.492 e. The number of anilines is 1. The summed E-state index contributed by atoms with van der Waals surface area (Å²) in [5, 5.41) is 2.71. The Balaban J connectivity index is 2.24. The van der Waals surface area contributed by atoms with Crippen LogP contribution < -0.4 is 10.1 Å². The molecule has 0 aliphatic heterocycles. The highest BCUT2D eigenvalue weighted by atomic mass is 35.7. The Kier molecular flexibility index (Phi) is 4.55. The number of rotatable bonds is 5. The molecule has 0 heterocycles. The molecule has 1 aromatic rings. The van der Waals surface area contributed by atoms with Gasteiger partial charge >= 0.3 is 0 Å². The Hall–Kier alpha value is -1.27. The van der Waals surface area contributed by atoms with Gasteiger partial charge in [-0.3, -0.25) is 4.79 Å². The molecule has 1 aromatic carbocycles. The quantitative estimate of drug-likeness (QED) is 0.848. The van der Waals surface area contributed by atoms with Crippen molar-refractivity contribution >= 4 is 31.3 Å². The summed E-state index contributed by atoms with van der Waals surface area (Å²) in [6, 6.07) is 4.42. The Morgan fingerprint density at radius 3 is 2.65 bits per heavy atom. The summed E-state index contributed by atoms with van der Waals surface area (Å²) < 4.78 is 28.3. The number of amides is 1. The van der Waals surface area contributed by atoms with Gasteiger partial charge in [-0.05, 0) is 38.0 Å². The molecule has 2 rings (SSSR count). The molecule has 5 nitrogen and oxygen atoms in total. The third-order valence-corrected chi connectivity index (χ3v) is 4.59. The van der Waals surface area contributed by atoms with Gasteiger partial charge in [0.25, 0.3) is 9.05 Å². The monoisotopic (exact) mass is 317 g/mol. The van der Waals surface area contributed by atoms with Crippen LogP contribution in [0.3, 0.4) is 0 Å². The molecule has 110 valence electrons. The van der Waals surface area contributed by atoms with Crippen molar-refractivity contribution in [3.63, 3.8) is 0 Å². The zero-order chi connectivity index (χ0) is 14.8. The van der Waals surface area contributed by atoms with E-state index in [0.29, 0.717) is 12.3 Å². The fourth-order valence-electron chi connectivity index (χ4n) is 1.97. The van der Waals surface area contributed by atoms with Crippen molar-refractivity contribution in [1.82, 2.24) is 0 Å². The SMILES string of the molecule is CCOc1ccc(NC(=O)C2CCC2)cc1S(=O)(=O)Cl. The lowest BCUT2D eigenvalue weighted by Crippen LogP contribution is -2.28. The minimum absolute atomic E-state index is 0.0256. The van der Waals surface area contributed by atoms with Gasteiger partial charge in [0.15, 0.2) is 0 Å². The van der Waals surface area contributed by atoms with Gasteiger partial charge in [0.2, 0.25) is 5.91 Å². The zero-order valence-corrected chi connectivity index (χ0v) is 12.6. The third kappa shape index (κ3) is 3.43. The molecule has 0 atom stereocenters. The van der Waals surface area contributed by atoms with Crippen LogP contribution in [0.5, 0.6) is 5.75 Å². The van der Waals surface area contributed by atoms with Crippen molar-refractivity contribution in [2.75, 3.05) is 11.9 Å². The van der Waals surface area contributed by atoms with E-state index in [1.54, 1.807) is 13.0 Å². The Morgan fingerprint density at radius 1 is 1.45 bits per heavy atom. The lowest BCUT2D eigenvalue weighted by molar-refractivity contribution is -0.122. The Bertz CT molecular complexity index is 611. The van der Waals surface area contributed by atoms with E-state index in [2.05, 4.69) is 5.32 Å². The predicted molar refractivity (Wildman–Crippen MR) is 76.6 cm³/mol. The number of benzene rings is 1. The van der Waals surface area contributed by atoms with Crippen LogP contribution in [-0.2, 0) is 13.8 Å².